The van der Waals surface area contributed by atoms with Gasteiger partial charge in [0.05, 0.1) is 5.52 Å². The van der Waals surface area contributed by atoms with Crippen molar-refractivity contribution < 1.29 is 0 Å². The molecule has 2 aromatic rings. The standard InChI is InChI=1S/C13H14BrN/c1-8(2)13-10-6-9(3)4-5-12(10)15-7-11(13)14/h4-8H,1-3H3. The van der Waals surface area contributed by atoms with Crippen molar-refractivity contribution in [3.05, 3.63) is 40.0 Å². The van der Waals surface area contributed by atoms with E-state index in [0.717, 1.165) is 9.99 Å². The number of benzene rings is 1. The Labute approximate surface area is 98.7 Å². The van der Waals surface area contributed by atoms with Gasteiger partial charge in [0.2, 0.25) is 0 Å². The van der Waals surface area contributed by atoms with Crippen molar-refractivity contribution in [2.24, 2.45) is 0 Å². The predicted molar refractivity (Wildman–Crippen MR) is 68.3 cm³/mol. The van der Waals surface area contributed by atoms with Crippen molar-refractivity contribution in [3.63, 3.8) is 0 Å². The van der Waals surface area contributed by atoms with E-state index in [1.165, 1.54) is 16.5 Å². The van der Waals surface area contributed by atoms with Gasteiger partial charge in [-0.3, -0.25) is 4.98 Å². The first-order valence-corrected chi connectivity index (χ1v) is 5.93. The summed E-state index contributed by atoms with van der Waals surface area (Å²) >= 11 is 3.58. The summed E-state index contributed by atoms with van der Waals surface area (Å²) in [5.74, 6) is 0.506. The van der Waals surface area contributed by atoms with Gasteiger partial charge in [-0.2, -0.15) is 0 Å². The second-order valence-corrected chi connectivity index (χ2v) is 5.05. The van der Waals surface area contributed by atoms with Gasteiger partial charge in [0.1, 0.15) is 0 Å². The Morgan fingerprint density at radius 1 is 1.27 bits per heavy atom. The van der Waals surface area contributed by atoms with E-state index >= 15 is 0 Å². The third-order valence-electron chi connectivity index (χ3n) is 2.59. The van der Waals surface area contributed by atoms with E-state index in [0.29, 0.717) is 5.92 Å². The lowest BCUT2D eigenvalue weighted by Crippen LogP contribution is -1.93. The van der Waals surface area contributed by atoms with Gasteiger partial charge < -0.3 is 0 Å². The first kappa shape index (κ1) is 10.6. The molecule has 0 fully saturated rings. The van der Waals surface area contributed by atoms with Gasteiger partial charge in [0, 0.05) is 16.1 Å². The maximum atomic E-state index is 4.42. The minimum absolute atomic E-state index is 0.506. The maximum Gasteiger partial charge on any atom is 0.0705 e. The Hall–Kier alpha value is -0.890. The van der Waals surface area contributed by atoms with E-state index in [-0.39, 0.29) is 0 Å². The minimum atomic E-state index is 0.506. The van der Waals surface area contributed by atoms with Crippen molar-refractivity contribution in [1.82, 2.24) is 4.98 Å². The van der Waals surface area contributed by atoms with Crippen LogP contribution in [0.2, 0.25) is 0 Å². The van der Waals surface area contributed by atoms with Crippen molar-refractivity contribution in [3.8, 4) is 0 Å². The van der Waals surface area contributed by atoms with E-state index in [9.17, 15) is 0 Å². The van der Waals surface area contributed by atoms with Gasteiger partial charge in [-0.25, -0.2) is 0 Å². The van der Waals surface area contributed by atoms with E-state index in [4.69, 9.17) is 0 Å². The molecule has 2 heteroatoms. The molecule has 0 aliphatic rings. The van der Waals surface area contributed by atoms with Crippen LogP contribution in [0.1, 0.15) is 30.9 Å². The number of fused-ring (bicyclic) bond motifs is 1. The highest BCUT2D eigenvalue weighted by Gasteiger charge is 2.10. The summed E-state index contributed by atoms with van der Waals surface area (Å²) < 4.78 is 1.11. The van der Waals surface area contributed by atoms with E-state index in [2.05, 4.69) is 59.9 Å². The fraction of sp³-hybridized carbons (Fsp3) is 0.308. The molecule has 2 rings (SSSR count). The zero-order valence-corrected chi connectivity index (χ0v) is 10.8. The zero-order chi connectivity index (χ0) is 11.0. The first-order chi connectivity index (χ1) is 7.09. The van der Waals surface area contributed by atoms with Crippen LogP contribution in [0.15, 0.2) is 28.9 Å². The van der Waals surface area contributed by atoms with Crippen molar-refractivity contribution in [1.29, 1.82) is 0 Å². The highest BCUT2D eigenvalue weighted by atomic mass is 79.9. The van der Waals surface area contributed by atoms with Crippen LogP contribution in [0.5, 0.6) is 0 Å². The largest absolute Gasteiger partial charge is 0.255 e. The lowest BCUT2D eigenvalue weighted by molar-refractivity contribution is 0.868. The quantitative estimate of drug-likeness (QED) is 0.742. The molecule has 0 N–H and O–H groups in total. The fourth-order valence-electron chi connectivity index (χ4n) is 1.89. The molecule has 78 valence electrons. The number of hydrogen-bond acceptors (Lipinski definition) is 1. The molecule has 15 heavy (non-hydrogen) atoms. The maximum absolute atomic E-state index is 4.42. The number of hydrogen-bond donors (Lipinski definition) is 0. The van der Waals surface area contributed by atoms with Gasteiger partial charge in [-0.05, 0) is 46.5 Å². The Kier molecular flexibility index (Phi) is 2.79. The SMILES string of the molecule is Cc1ccc2ncc(Br)c(C(C)C)c2c1. The number of aryl methyl sites for hydroxylation is 1. The Morgan fingerprint density at radius 3 is 2.67 bits per heavy atom. The molecule has 0 amide bonds. The fourth-order valence-corrected chi connectivity index (χ4v) is 2.66. The summed E-state index contributed by atoms with van der Waals surface area (Å²) in [6.45, 7) is 6.54. The molecule has 0 saturated carbocycles. The topological polar surface area (TPSA) is 12.9 Å². The second kappa shape index (κ2) is 3.93. The molecule has 0 bridgehead atoms. The second-order valence-electron chi connectivity index (χ2n) is 4.20. The van der Waals surface area contributed by atoms with Crippen molar-refractivity contribution in [2.45, 2.75) is 26.7 Å². The number of nitrogens with zero attached hydrogens (tertiary/aromatic N) is 1. The molecular weight excluding hydrogens is 250 g/mol. The molecule has 1 nitrogen and oxygen atoms in total. The molecule has 0 unspecified atom stereocenters. The lowest BCUT2D eigenvalue weighted by Gasteiger charge is -2.12. The summed E-state index contributed by atoms with van der Waals surface area (Å²) in [5.41, 5.74) is 3.71. The van der Waals surface area contributed by atoms with Crippen LogP contribution >= 0.6 is 15.9 Å². The van der Waals surface area contributed by atoms with Gasteiger partial charge in [-0.1, -0.05) is 25.5 Å². The van der Waals surface area contributed by atoms with E-state index in [1.54, 1.807) is 0 Å². The molecule has 1 aromatic carbocycles. The van der Waals surface area contributed by atoms with Crippen LogP contribution < -0.4 is 0 Å². The van der Waals surface area contributed by atoms with Crippen LogP contribution in [-0.4, -0.2) is 4.98 Å². The van der Waals surface area contributed by atoms with Crippen LogP contribution in [-0.2, 0) is 0 Å². The van der Waals surface area contributed by atoms with Gasteiger partial charge in [-0.15, -0.1) is 0 Å². The number of rotatable bonds is 1. The molecule has 0 radical (unpaired) electrons. The lowest BCUT2D eigenvalue weighted by atomic mass is 9.98. The van der Waals surface area contributed by atoms with E-state index in [1.807, 2.05) is 6.20 Å². The van der Waals surface area contributed by atoms with Gasteiger partial charge in [0.25, 0.3) is 0 Å². The first-order valence-electron chi connectivity index (χ1n) is 5.14. The number of pyridine rings is 1. The van der Waals surface area contributed by atoms with Crippen molar-refractivity contribution >= 4 is 26.8 Å². The van der Waals surface area contributed by atoms with Crippen LogP contribution in [0.25, 0.3) is 10.9 Å². The van der Waals surface area contributed by atoms with Crippen LogP contribution in [0.3, 0.4) is 0 Å². The third kappa shape index (κ3) is 1.91. The highest BCUT2D eigenvalue weighted by Crippen LogP contribution is 2.31. The summed E-state index contributed by atoms with van der Waals surface area (Å²) in [4.78, 5) is 4.42. The Balaban J connectivity index is 2.84. The summed E-state index contributed by atoms with van der Waals surface area (Å²) in [5, 5.41) is 1.26. The smallest absolute Gasteiger partial charge is 0.0705 e. The molecule has 1 heterocycles. The Bertz CT molecular complexity index is 498. The molecule has 0 saturated heterocycles. The molecule has 0 spiro atoms. The summed E-state index contributed by atoms with van der Waals surface area (Å²) in [7, 11) is 0. The van der Waals surface area contributed by atoms with Crippen LogP contribution in [0.4, 0.5) is 0 Å². The number of halogens is 1. The summed E-state index contributed by atoms with van der Waals surface area (Å²) in [6.07, 6.45) is 1.90. The minimum Gasteiger partial charge on any atom is -0.255 e. The van der Waals surface area contributed by atoms with Gasteiger partial charge in [0.15, 0.2) is 0 Å². The average molecular weight is 264 g/mol. The molecule has 0 atom stereocenters. The molecular formula is C13H14BrN. The van der Waals surface area contributed by atoms with E-state index < -0.39 is 0 Å². The number of aromatic nitrogens is 1. The van der Waals surface area contributed by atoms with Crippen LogP contribution in [0, 0.1) is 6.92 Å². The van der Waals surface area contributed by atoms with Gasteiger partial charge >= 0.3 is 0 Å². The zero-order valence-electron chi connectivity index (χ0n) is 9.21. The van der Waals surface area contributed by atoms with Crippen molar-refractivity contribution in [2.75, 3.05) is 0 Å². The average Bonchev–Trinajstić information content (AvgIpc) is 2.16. The molecule has 0 aliphatic heterocycles. The monoisotopic (exact) mass is 263 g/mol. The molecule has 1 aromatic heterocycles. The third-order valence-corrected chi connectivity index (χ3v) is 3.23. The Morgan fingerprint density at radius 2 is 2.00 bits per heavy atom. The molecule has 0 aliphatic carbocycles. The summed E-state index contributed by atoms with van der Waals surface area (Å²) in [6, 6.07) is 6.40. The predicted octanol–water partition coefficient (Wildman–Crippen LogP) is 4.43. The normalized spacial score (nSPS) is 11.3. The highest BCUT2D eigenvalue weighted by molar-refractivity contribution is 9.10.